The number of sulfonamides is 1. The van der Waals surface area contributed by atoms with Gasteiger partial charge in [-0.2, -0.15) is 4.72 Å². The molecule has 0 bridgehead atoms. The summed E-state index contributed by atoms with van der Waals surface area (Å²) in [5, 5.41) is 13.7. The second kappa shape index (κ2) is 10.4. The number of anilines is 1. The molecular weight excluding hydrogens is 470 g/mol. The highest BCUT2D eigenvalue weighted by Gasteiger charge is 2.29. The molecule has 0 unspecified atom stereocenters. The fourth-order valence-corrected chi connectivity index (χ4v) is 4.70. The van der Waals surface area contributed by atoms with Crippen molar-refractivity contribution in [3.8, 4) is 5.75 Å². The molecule has 0 fully saturated rings. The van der Waals surface area contributed by atoms with E-state index in [2.05, 4.69) is 10.0 Å². The first-order valence-corrected chi connectivity index (χ1v) is 11.5. The van der Waals surface area contributed by atoms with Crippen LogP contribution < -0.4 is 14.8 Å². The molecule has 1 atom stereocenters. The number of hydrogen-bond donors (Lipinski definition) is 2. The summed E-state index contributed by atoms with van der Waals surface area (Å²) in [7, 11) is -2.91. The number of hydrogen-bond acceptors (Lipinski definition) is 6. The van der Waals surface area contributed by atoms with E-state index >= 15 is 0 Å². The van der Waals surface area contributed by atoms with Gasteiger partial charge < -0.3 is 10.1 Å². The van der Waals surface area contributed by atoms with Crippen LogP contribution in [0.15, 0.2) is 77.7 Å². The van der Waals surface area contributed by atoms with Crippen molar-refractivity contribution < 1.29 is 22.9 Å². The Labute approximate surface area is 195 Å². The van der Waals surface area contributed by atoms with E-state index in [0.717, 1.165) is 0 Å². The Morgan fingerprint density at radius 3 is 2.48 bits per heavy atom. The largest absolute Gasteiger partial charge is 0.495 e. The van der Waals surface area contributed by atoms with Gasteiger partial charge in [-0.25, -0.2) is 8.42 Å². The van der Waals surface area contributed by atoms with Crippen molar-refractivity contribution in [3.63, 3.8) is 0 Å². The Hall–Kier alpha value is -3.47. The minimum atomic E-state index is -4.23. The molecule has 0 heterocycles. The summed E-state index contributed by atoms with van der Waals surface area (Å²) in [5.74, 6) is -0.631. The Morgan fingerprint density at radius 2 is 1.82 bits per heavy atom. The van der Waals surface area contributed by atoms with Crippen LogP contribution >= 0.6 is 11.6 Å². The maximum Gasteiger partial charge on any atom is 0.271 e. The van der Waals surface area contributed by atoms with Gasteiger partial charge in [0.05, 0.1) is 12.0 Å². The molecule has 3 rings (SSSR count). The topological polar surface area (TPSA) is 128 Å². The van der Waals surface area contributed by atoms with Crippen molar-refractivity contribution in [2.45, 2.75) is 17.4 Å². The number of nitro benzene ring substituents is 1. The monoisotopic (exact) mass is 489 g/mol. The lowest BCUT2D eigenvalue weighted by molar-refractivity contribution is -0.384. The average molecular weight is 490 g/mol. The zero-order valence-corrected chi connectivity index (χ0v) is 19.0. The molecule has 3 aromatic carbocycles. The molecule has 9 nitrogen and oxygen atoms in total. The molecule has 33 heavy (non-hydrogen) atoms. The van der Waals surface area contributed by atoms with E-state index in [0.29, 0.717) is 5.56 Å². The van der Waals surface area contributed by atoms with Crippen LogP contribution in [0.1, 0.15) is 5.56 Å². The fourth-order valence-electron chi connectivity index (χ4n) is 3.08. The third-order valence-electron chi connectivity index (χ3n) is 4.64. The number of nitrogens with zero attached hydrogens (tertiary/aromatic N) is 1. The van der Waals surface area contributed by atoms with E-state index in [1.807, 2.05) is 0 Å². The zero-order chi connectivity index (χ0) is 24.0. The number of carbonyl (C=O) groups is 1. The van der Waals surface area contributed by atoms with Crippen molar-refractivity contribution in [2.75, 3.05) is 12.4 Å². The Bertz CT molecular complexity index is 1270. The van der Waals surface area contributed by atoms with Crippen molar-refractivity contribution in [3.05, 3.63) is 93.5 Å². The Morgan fingerprint density at radius 1 is 1.09 bits per heavy atom. The van der Waals surface area contributed by atoms with Crippen LogP contribution in [-0.4, -0.2) is 32.4 Å². The second-order valence-electron chi connectivity index (χ2n) is 6.96. The third-order valence-corrected chi connectivity index (χ3v) is 6.36. The number of benzene rings is 3. The summed E-state index contributed by atoms with van der Waals surface area (Å²) in [6, 6.07) is 17.1. The lowest BCUT2D eigenvalue weighted by Gasteiger charge is -2.20. The summed E-state index contributed by atoms with van der Waals surface area (Å²) >= 11 is 5.97. The summed E-state index contributed by atoms with van der Waals surface area (Å²) in [4.78, 5) is 23.3. The van der Waals surface area contributed by atoms with Crippen LogP contribution in [0.5, 0.6) is 5.75 Å². The average Bonchev–Trinajstić information content (AvgIpc) is 2.79. The number of halogens is 1. The molecule has 11 heteroatoms. The second-order valence-corrected chi connectivity index (χ2v) is 9.07. The quantitative estimate of drug-likeness (QED) is 0.347. The van der Waals surface area contributed by atoms with Crippen LogP contribution in [0.3, 0.4) is 0 Å². The minimum Gasteiger partial charge on any atom is -0.495 e. The van der Waals surface area contributed by atoms with Gasteiger partial charge in [0, 0.05) is 22.8 Å². The van der Waals surface area contributed by atoms with E-state index in [4.69, 9.17) is 16.3 Å². The van der Waals surface area contributed by atoms with Gasteiger partial charge in [-0.05, 0) is 36.2 Å². The standard InChI is InChI=1S/C22H20ClN3O6S/c1-32-20-11-10-16(23)13-21(20)33(30,31)25-19(12-15-6-3-2-4-7-15)22(27)24-17-8-5-9-18(14-17)26(28)29/h2-11,13-14,19,25H,12H2,1H3,(H,24,27)/t19-/m0/s1. The number of rotatable bonds is 9. The van der Waals surface area contributed by atoms with Gasteiger partial charge in [0.1, 0.15) is 16.7 Å². The zero-order valence-electron chi connectivity index (χ0n) is 17.4. The molecule has 0 aliphatic rings. The lowest BCUT2D eigenvalue weighted by atomic mass is 10.1. The molecule has 0 aliphatic carbocycles. The number of non-ortho nitro benzene ring substituents is 1. The third kappa shape index (κ3) is 6.28. The summed E-state index contributed by atoms with van der Waals surface area (Å²) < 4.78 is 33.8. The molecular formula is C22H20ClN3O6S. The molecule has 172 valence electrons. The predicted octanol–water partition coefficient (Wildman–Crippen LogP) is 3.79. The highest BCUT2D eigenvalue weighted by molar-refractivity contribution is 7.89. The molecule has 0 saturated heterocycles. The molecule has 3 aromatic rings. The fraction of sp³-hybridized carbons (Fsp3) is 0.136. The number of nitrogens with one attached hydrogen (secondary N) is 2. The number of carbonyl (C=O) groups excluding carboxylic acids is 1. The summed E-state index contributed by atoms with van der Waals surface area (Å²) in [6.45, 7) is 0. The highest BCUT2D eigenvalue weighted by Crippen LogP contribution is 2.27. The number of amides is 1. The lowest BCUT2D eigenvalue weighted by Crippen LogP contribution is -2.45. The van der Waals surface area contributed by atoms with E-state index in [1.54, 1.807) is 30.3 Å². The molecule has 0 saturated carbocycles. The minimum absolute atomic E-state index is 0.0315. The number of nitro groups is 1. The Balaban J connectivity index is 1.93. The molecule has 0 radical (unpaired) electrons. The molecule has 1 amide bonds. The van der Waals surface area contributed by atoms with Gasteiger partial charge in [-0.3, -0.25) is 14.9 Å². The van der Waals surface area contributed by atoms with Crippen LogP contribution in [0, 0.1) is 10.1 Å². The molecule has 0 aromatic heterocycles. The van der Waals surface area contributed by atoms with E-state index in [1.165, 1.54) is 49.6 Å². The van der Waals surface area contributed by atoms with E-state index < -0.39 is 26.9 Å². The number of ether oxygens (including phenoxy) is 1. The molecule has 2 N–H and O–H groups in total. The van der Waals surface area contributed by atoms with Gasteiger partial charge >= 0.3 is 0 Å². The normalized spacial score (nSPS) is 12.1. The summed E-state index contributed by atoms with van der Waals surface area (Å²) in [5.41, 5.74) is 0.654. The van der Waals surface area contributed by atoms with Gasteiger partial charge in [-0.1, -0.05) is 48.0 Å². The van der Waals surface area contributed by atoms with Crippen LogP contribution in [0.2, 0.25) is 5.02 Å². The maximum atomic E-state index is 13.1. The predicted molar refractivity (Wildman–Crippen MR) is 124 cm³/mol. The van der Waals surface area contributed by atoms with Crippen molar-refractivity contribution in [2.24, 2.45) is 0 Å². The van der Waals surface area contributed by atoms with Gasteiger partial charge in [0.2, 0.25) is 15.9 Å². The van der Waals surface area contributed by atoms with Crippen LogP contribution in [-0.2, 0) is 21.2 Å². The van der Waals surface area contributed by atoms with Crippen LogP contribution in [0.4, 0.5) is 11.4 Å². The van der Waals surface area contributed by atoms with Gasteiger partial charge in [-0.15, -0.1) is 0 Å². The number of methoxy groups -OCH3 is 1. The smallest absolute Gasteiger partial charge is 0.271 e. The maximum absolute atomic E-state index is 13.1. The van der Waals surface area contributed by atoms with E-state index in [-0.39, 0.29) is 33.5 Å². The van der Waals surface area contributed by atoms with Gasteiger partial charge in [0.15, 0.2) is 0 Å². The van der Waals surface area contributed by atoms with Crippen LogP contribution in [0.25, 0.3) is 0 Å². The van der Waals surface area contributed by atoms with Crippen molar-refractivity contribution >= 4 is 38.9 Å². The first-order valence-electron chi connectivity index (χ1n) is 9.65. The van der Waals surface area contributed by atoms with E-state index in [9.17, 15) is 23.3 Å². The van der Waals surface area contributed by atoms with Crippen molar-refractivity contribution in [1.29, 1.82) is 0 Å². The first kappa shape index (κ1) is 24.2. The SMILES string of the molecule is COc1ccc(Cl)cc1S(=O)(=O)N[C@@H](Cc1ccccc1)C(=O)Nc1cccc([N+](=O)[O-])c1. The first-order chi connectivity index (χ1) is 15.7. The highest BCUT2D eigenvalue weighted by atomic mass is 35.5. The molecule has 0 aliphatic heterocycles. The molecule has 0 spiro atoms. The van der Waals surface area contributed by atoms with Crippen molar-refractivity contribution in [1.82, 2.24) is 4.72 Å². The Kier molecular flexibility index (Phi) is 7.64. The summed E-state index contributed by atoms with van der Waals surface area (Å²) in [6.07, 6.45) is 0.0315. The van der Waals surface area contributed by atoms with Gasteiger partial charge in [0.25, 0.3) is 5.69 Å².